The van der Waals surface area contributed by atoms with Gasteiger partial charge in [-0.25, -0.2) is 0 Å². The van der Waals surface area contributed by atoms with Crippen LogP contribution in [-0.2, 0) is 16.0 Å². The van der Waals surface area contributed by atoms with E-state index in [0.29, 0.717) is 6.42 Å². The van der Waals surface area contributed by atoms with Gasteiger partial charge in [-0.2, -0.15) is 0 Å². The molecule has 1 fully saturated rings. The van der Waals surface area contributed by atoms with E-state index in [1.807, 2.05) is 44.3 Å². The van der Waals surface area contributed by atoms with Gasteiger partial charge in [0, 0.05) is 23.5 Å². The second-order valence-corrected chi connectivity index (χ2v) is 5.86. The van der Waals surface area contributed by atoms with E-state index in [1.54, 1.807) is 0 Å². The van der Waals surface area contributed by atoms with Crippen LogP contribution in [0.25, 0.3) is 10.9 Å². The molecule has 1 saturated heterocycles. The van der Waals surface area contributed by atoms with Gasteiger partial charge in [0.05, 0.1) is 0 Å². The fraction of sp³-hybridized carbons (Fsp3) is 0.375. The van der Waals surface area contributed by atoms with E-state index in [9.17, 15) is 9.59 Å². The van der Waals surface area contributed by atoms with Crippen molar-refractivity contribution in [3.05, 3.63) is 36.0 Å². The first-order chi connectivity index (χ1) is 10.1. The molecule has 2 atom stereocenters. The van der Waals surface area contributed by atoms with E-state index in [1.165, 1.54) is 0 Å². The Kier molecular flexibility index (Phi) is 3.41. The van der Waals surface area contributed by atoms with Crippen LogP contribution < -0.4 is 10.6 Å². The predicted octanol–water partition coefficient (Wildman–Crippen LogP) is 1.35. The van der Waals surface area contributed by atoms with E-state index in [-0.39, 0.29) is 17.7 Å². The molecular formula is C16H19N3O2. The highest BCUT2D eigenvalue weighted by molar-refractivity contribution is 5.97. The Balaban J connectivity index is 1.79. The quantitative estimate of drug-likeness (QED) is 0.796. The van der Waals surface area contributed by atoms with Crippen LogP contribution in [0.1, 0.15) is 19.4 Å². The molecule has 2 amide bonds. The molecule has 3 rings (SSSR count). The SMILES string of the molecule is CC(C)C1NC(=O)C(Cc2c[nH]c3ccccc23)NC1=O. The Morgan fingerprint density at radius 2 is 1.86 bits per heavy atom. The van der Waals surface area contributed by atoms with Crippen LogP contribution in [-0.4, -0.2) is 28.9 Å². The number of aromatic amines is 1. The van der Waals surface area contributed by atoms with Crippen molar-refractivity contribution >= 4 is 22.7 Å². The molecule has 2 heterocycles. The van der Waals surface area contributed by atoms with Crippen LogP contribution in [0.3, 0.4) is 0 Å². The molecule has 21 heavy (non-hydrogen) atoms. The first-order valence-electron chi connectivity index (χ1n) is 7.22. The molecule has 0 bridgehead atoms. The smallest absolute Gasteiger partial charge is 0.243 e. The number of carbonyl (C=O) groups is 2. The number of piperazine rings is 1. The van der Waals surface area contributed by atoms with E-state index in [4.69, 9.17) is 0 Å². The van der Waals surface area contributed by atoms with Gasteiger partial charge < -0.3 is 15.6 Å². The molecule has 1 aromatic heterocycles. The highest BCUT2D eigenvalue weighted by atomic mass is 16.2. The van der Waals surface area contributed by atoms with Gasteiger partial charge in [0.25, 0.3) is 0 Å². The third kappa shape index (κ3) is 2.51. The Morgan fingerprint density at radius 1 is 1.10 bits per heavy atom. The number of amides is 2. The van der Waals surface area contributed by atoms with E-state index >= 15 is 0 Å². The molecule has 3 N–H and O–H groups in total. The molecule has 5 nitrogen and oxygen atoms in total. The summed E-state index contributed by atoms with van der Waals surface area (Å²) in [5.41, 5.74) is 2.07. The van der Waals surface area contributed by atoms with Crippen molar-refractivity contribution in [2.45, 2.75) is 32.4 Å². The molecular weight excluding hydrogens is 266 g/mol. The molecule has 0 saturated carbocycles. The fourth-order valence-electron chi connectivity index (χ4n) is 2.78. The van der Waals surface area contributed by atoms with Crippen LogP contribution >= 0.6 is 0 Å². The number of para-hydroxylation sites is 1. The van der Waals surface area contributed by atoms with Crippen LogP contribution in [0.4, 0.5) is 0 Å². The summed E-state index contributed by atoms with van der Waals surface area (Å²) >= 11 is 0. The topological polar surface area (TPSA) is 74.0 Å². The van der Waals surface area contributed by atoms with Gasteiger partial charge >= 0.3 is 0 Å². The van der Waals surface area contributed by atoms with Crippen molar-refractivity contribution in [3.8, 4) is 0 Å². The van der Waals surface area contributed by atoms with Crippen molar-refractivity contribution in [1.82, 2.24) is 15.6 Å². The Labute approximate surface area is 123 Å². The third-order valence-corrected chi connectivity index (χ3v) is 3.98. The summed E-state index contributed by atoms with van der Waals surface area (Å²) in [6.07, 6.45) is 2.39. The molecule has 1 aliphatic rings. The van der Waals surface area contributed by atoms with Gasteiger partial charge in [-0.3, -0.25) is 9.59 Å². The average Bonchev–Trinajstić information content (AvgIpc) is 2.85. The van der Waals surface area contributed by atoms with Crippen LogP contribution in [0.15, 0.2) is 30.5 Å². The average molecular weight is 285 g/mol. The van der Waals surface area contributed by atoms with Crippen molar-refractivity contribution in [2.24, 2.45) is 5.92 Å². The van der Waals surface area contributed by atoms with E-state index in [2.05, 4.69) is 15.6 Å². The minimum Gasteiger partial charge on any atom is -0.361 e. The number of benzene rings is 1. The molecule has 2 aromatic rings. The highest BCUT2D eigenvalue weighted by Gasteiger charge is 2.35. The summed E-state index contributed by atoms with van der Waals surface area (Å²) in [6, 6.07) is 7.00. The lowest BCUT2D eigenvalue weighted by Crippen LogP contribution is -2.63. The first kappa shape index (κ1) is 13.7. The maximum Gasteiger partial charge on any atom is 0.243 e. The standard InChI is InChI=1S/C16H19N3O2/c1-9(2)14-16(21)18-13(15(20)19-14)7-10-8-17-12-6-4-3-5-11(10)12/h3-6,8-9,13-14,17H,7H2,1-2H3,(H,18,21)(H,19,20). The number of rotatable bonds is 3. The van der Waals surface area contributed by atoms with E-state index < -0.39 is 12.1 Å². The Morgan fingerprint density at radius 3 is 2.62 bits per heavy atom. The highest BCUT2D eigenvalue weighted by Crippen LogP contribution is 2.20. The summed E-state index contributed by atoms with van der Waals surface area (Å²) in [5.74, 6) is -0.129. The van der Waals surface area contributed by atoms with Gasteiger partial charge in [0.15, 0.2) is 0 Å². The molecule has 2 unspecified atom stereocenters. The second kappa shape index (κ2) is 5.24. The van der Waals surface area contributed by atoms with Crippen molar-refractivity contribution in [2.75, 3.05) is 0 Å². The molecule has 0 aliphatic carbocycles. The largest absolute Gasteiger partial charge is 0.361 e. The minimum absolute atomic E-state index is 0.0861. The summed E-state index contributed by atoms with van der Waals surface area (Å²) in [7, 11) is 0. The van der Waals surface area contributed by atoms with Crippen LogP contribution in [0.2, 0.25) is 0 Å². The number of aromatic nitrogens is 1. The maximum absolute atomic E-state index is 12.2. The van der Waals surface area contributed by atoms with Crippen molar-refractivity contribution in [3.63, 3.8) is 0 Å². The zero-order valence-electron chi connectivity index (χ0n) is 12.1. The van der Waals surface area contributed by atoms with Gasteiger partial charge in [0.2, 0.25) is 11.8 Å². The first-order valence-corrected chi connectivity index (χ1v) is 7.22. The number of H-pyrrole nitrogens is 1. The summed E-state index contributed by atoms with van der Waals surface area (Å²) in [4.78, 5) is 27.4. The number of carbonyl (C=O) groups excluding carboxylic acids is 2. The lowest BCUT2D eigenvalue weighted by molar-refractivity contribution is -0.137. The van der Waals surface area contributed by atoms with Gasteiger partial charge in [-0.15, -0.1) is 0 Å². The number of fused-ring (bicyclic) bond motifs is 1. The van der Waals surface area contributed by atoms with Crippen LogP contribution in [0, 0.1) is 5.92 Å². The van der Waals surface area contributed by atoms with Crippen molar-refractivity contribution in [1.29, 1.82) is 0 Å². The molecule has 1 aromatic carbocycles. The zero-order chi connectivity index (χ0) is 15.0. The zero-order valence-corrected chi connectivity index (χ0v) is 12.1. The summed E-state index contributed by atoms with van der Waals surface area (Å²) in [6.45, 7) is 3.84. The Bertz CT molecular complexity index is 690. The van der Waals surface area contributed by atoms with Crippen molar-refractivity contribution < 1.29 is 9.59 Å². The lowest BCUT2D eigenvalue weighted by Gasteiger charge is -2.31. The molecule has 0 spiro atoms. The third-order valence-electron chi connectivity index (χ3n) is 3.98. The minimum atomic E-state index is -0.508. The molecule has 0 radical (unpaired) electrons. The molecule has 110 valence electrons. The normalized spacial score (nSPS) is 22.4. The number of hydrogen-bond donors (Lipinski definition) is 3. The van der Waals surface area contributed by atoms with Gasteiger partial charge in [-0.1, -0.05) is 32.0 Å². The monoisotopic (exact) mass is 285 g/mol. The second-order valence-electron chi connectivity index (χ2n) is 5.86. The predicted molar refractivity (Wildman–Crippen MR) is 80.7 cm³/mol. The molecule has 5 heteroatoms. The maximum atomic E-state index is 12.2. The molecule has 1 aliphatic heterocycles. The summed E-state index contributed by atoms with van der Waals surface area (Å²) in [5, 5.41) is 6.74. The Hall–Kier alpha value is -2.30. The summed E-state index contributed by atoms with van der Waals surface area (Å²) < 4.78 is 0. The van der Waals surface area contributed by atoms with E-state index in [0.717, 1.165) is 16.5 Å². The number of hydrogen-bond acceptors (Lipinski definition) is 2. The number of nitrogens with one attached hydrogen (secondary N) is 3. The lowest BCUT2D eigenvalue weighted by atomic mass is 9.97. The van der Waals surface area contributed by atoms with Gasteiger partial charge in [0.1, 0.15) is 12.1 Å². The fourth-order valence-corrected chi connectivity index (χ4v) is 2.78. The van der Waals surface area contributed by atoms with Gasteiger partial charge in [-0.05, 0) is 17.5 Å². The van der Waals surface area contributed by atoms with Crippen LogP contribution in [0.5, 0.6) is 0 Å².